The van der Waals surface area contributed by atoms with E-state index in [-0.39, 0.29) is 0 Å². The number of rotatable bonds is 4. The molecule has 0 radical (unpaired) electrons. The number of aromatic nitrogens is 2. The molecular weight excluding hydrogens is 176 g/mol. The summed E-state index contributed by atoms with van der Waals surface area (Å²) in [6.07, 6.45) is 11.9. The fraction of sp³-hybridized carbons (Fsp3) is 0.455. The molecular formula is C11H12N2O. The fourth-order valence-electron chi connectivity index (χ4n) is 1.23. The van der Waals surface area contributed by atoms with E-state index in [2.05, 4.69) is 15.9 Å². The first-order chi connectivity index (χ1) is 6.90. The summed E-state index contributed by atoms with van der Waals surface area (Å²) in [7, 11) is 0. The predicted octanol–water partition coefficient (Wildman–Crippen LogP) is 1.76. The van der Waals surface area contributed by atoms with E-state index < -0.39 is 0 Å². The second-order valence-corrected chi connectivity index (χ2v) is 3.38. The van der Waals surface area contributed by atoms with Crippen molar-refractivity contribution in [2.75, 3.05) is 6.61 Å². The third-order valence-electron chi connectivity index (χ3n) is 2.17. The van der Waals surface area contributed by atoms with Crippen molar-refractivity contribution in [1.29, 1.82) is 0 Å². The van der Waals surface area contributed by atoms with Crippen molar-refractivity contribution >= 4 is 0 Å². The first-order valence-electron chi connectivity index (χ1n) is 4.78. The molecule has 0 N–H and O–H groups in total. The summed E-state index contributed by atoms with van der Waals surface area (Å²) in [5.41, 5.74) is 1.22. The summed E-state index contributed by atoms with van der Waals surface area (Å²) < 4.78 is 5.24. The van der Waals surface area contributed by atoms with Crippen LogP contribution in [0.5, 0.6) is 6.01 Å². The highest BCUT2D eigenvalue weighted by Crippen LogP contribution is 2.39. The average Bonchev–Trinajstić information content (AvgIpc) is 3.03. The molecule has 0 aliphatic heterocycles. The molecule has 0 bridgehead atoms. The van der Waals surface area contributed by atoms with Crippen molar-refractivity contribution in [3.63, 3.8) is 0 Å². The van der Waals surface area contributed by atoms with Gasteiger partial charge in [-0.15, -0.1) is 12.3 Å². The van der Waals surface area contributed by atoms with Gasteiger partial charge in [0.2, 0.25) is 0 Å². The third kappa shape index (κ3) is 2.23. The Morgan fingerprint density at radius 3 is 2.71 bits per heavy atom. The van der Waals surface area contributed by atoms with Crippen LogP contribution in [0.25, 0.3) is 0 Å². The van der Waals surface area contributed by atoms with E-state index in [1.807, 2.05) is 12.4 Å². The second-order valence-electron chi connectivity index (χ2n) is 3.38. The van der Waals surface area contributed by atoms with Crippen LogP contribution >= 0.6 is 0 Å². The maximum atomic E-state index is 5.24. The number of terminal acetylenes is 1. The Morgan fingerprint density at radius 2 is 2.14 bits per heavy atom. The van der Waals surface area contributed by atoms with Gasteiger partial charge in [0, 0.05) is 18.8 Å². The summed E-state index contributed by atoms with van der Waals surface area (Å²) >= 11 is 0. The van der Waals surface area contributed by atoms with Crippen LogP contribution in [0.15, 0.2) is 12.4 Å². The van der Waals surface area contributed by atoms with Crippen molar-refractivity contribution in [2.45, 2.75) is 25.2 Å². The minimum absolute atomic E-state index is 0.421. The Bertz CT molecular complexity index is 335. The summed E-state index contributed by atoms with van der Waals surface area (Å²) in [4.78, 5) is 8.22. The predicted molar refractivity (Wildman–Crippen MR) is 53.0 cm³/mol. The fourth-order valence-corrected chi connectivity index (χ4v) is 1.23. The maximum Gasteiger partial charge on any atom is 0.316 e. The molecule has 1 aromatic heterocycles. The van der Waals surface area contributed by atoms with E-state index in [1.165, 1.54) is 18.4 Å². The number of ether oxygens (including phenoxy) is 1. The first-order valence-corrected chi connectivity index (χ1v) is 4.78. The zero-order valence-corrected chi connectivity index (χ0v) is 7.94. The molecule has 0 spiro atoms. The van der Waals surface area contributed by atoms with Crippen molar-refractivity contribution < 1.29 is 4.74 Å². The van der Waals surface area contributed by atoms with Crippen LogP contribution in [0.1, 0.15) is 30.7 Å². The smallest absolute Gasteiger partial charge is 0.316 e. The molecule has 0 aromatic carbocycles. The van der Waals surface area contributed by atoms with Gasteiger partial charge in [0.15, 0.2) is 0 Å². The van der Waals surface area contributed by atoms with Crippen LogP contribution < -0.4 is 4.74 Å². The first kappa shape index (κ1) is 9.01. The van der Waals surface area contributed by atoms with Gasteiger partial charge in [0.1, 0.15) is 6.61 Å². The molecule has 3 heteroatoms. The highest BCUT2D eigenvalue weighted by molar-refractivity contribution is 5.17. The van der Waals surface area contributed by atoms with E-state index in [9.17, 15) is 0 Å². The van der Waals surface area contributed by atoms with Crippen molar-refractivity contribution in [1.82, 2.24) is 9.97 Å². The average molecular weight is 188 g/mol. The summed E-state index contributed by atoms with van der Waals surface area (Å²) in [6.45, 7) is 0.485. The van der Waals surface area contributed by atoms with Crippen molar-refractivity contribution in [2.24, 2.45) is 0 Å². The van der Waals surface area contributed by atoms with Crippen LogP contribution in [-0.2, 0) is 0 Å². The quantitative estimate of drug-likeness (QED) is 0.533. The number of nitrogens with zero attached hydrogens (tertiary/aromatic N) is 2. The Hall–Kier alpha value is -1.56. The molecule has 0 amide bonds. The monoisotopic (exact) mass is 188 g/mol. The van der Waals surface area contributed by atoms with Crippen LogP contribution in [0, 0.1) is 12.3 Å². The molecule has 2 rings (SSSR count). The van der Waals surface area contributed by atoms with E-state index in [4.69, 9.17) is 11.2 Å². The topological polar surface area (TPSA) is 35.0 Å². The minimum atomic E-state index is 0.421. The third-order valence-corrected chi connectivity index (χ3v) is 2.17. The summed E-state index contributed by atoms with van der Waals surface area (Å²) in [5, 5.41) is 0. The van der Waals surface area contributed by atoms with Gasteiger partial charge < -0.3 is 4.74 Å². The molecule has 3 nitrogen and oxygen atoms in total. The van der Waals surface area contributed by atoms with Crippen LogP contribution in [-0.4, -0.2) is 16.6 Å². The van der Waals surface area contributed by atoms with Gasteiger partial charge in [-0.1, -0.05) is 0 Å². The van der Waals surface area contributed by atoms with Crippen LogP contribution in [0.4, 0.5) is 0 Å². The highest BCUT2D eigenvalue weighted by atomic mass is 16.5. The Balaban J connectivity index is 1.89. The lowest BCUT2D eigenvalue weighted by molar-refractivity contribution is 0.300. The molecule has 1 fully saturated rings. The zero-order valence-electron chi connectivity index (χ0n) is 7.94. The SMILES string of the molecule is C#CCCOc1ncc(C2CC2)cn1. The number of hydrogen-bond acceptors (Lipinski definition) is 3. The zero-order chi connectivity index (χ0) is 9.80. The molecule has 1 aromatic rings. The van der Waals surface area contributed by atoms with E-state index >= 15 is 0 Å². The molecule has 1 aliphatic carbocycles. The molecule has 0 atom stereocenters. The Kier molecular flexibility index (Phi) is 2.64. The summed E-state index contributed by atoms with van der Waals surface area (Å²) in [6, 6.07) is 0.421. The van der Waals surface area contributed by atoms with E-state index in [0.29, 0.717) is 25.0 Å². The molecule has 1 saturated carbocycles. The Morgan fingerprint density at radius 1 is 1.43 bits per heavy atom. The van der Waals surface area contributed by atoms with E-state index in [1.54, 1.807) is 0 Å². The van der Waals surface area contributed by atoms with Gasteiger partial charge in [-0.2, -0.15) is 0 Å². The van der Waals surface area contributed by atoms with Crippen LogP contribution in [0.2, 0.25) is 0 Å². The van der Waals surface area contributed by atoms with Crippen molar-refractivity contribution in [3.8, 4) is 18.4 Å². The minimum Gasteiger partial charge on any atom is -0.462 e. The van der Waals surface area contributed by atoms with E-state index in [0.717, 1.165) is 0 Å². The van der Waals surface area contributed by atoms with Gasteiger partial charge in [0.25, 0.3) is 0 Å². The standard InChI is InChI=1S/C11H12N2O/c1-2-3-6-14-11-12-7-10(8-13-11)9-4-5-9/h1,7-9H,3-6H2. The lowest BCUT2D eigenvalue weighted by atomic mass is 10.2. The molecule has 0 saturated heterocycles. The maximum absolute atomic E-state index is 5.24. The molecule has 14 heavy (non-hydrogen) atoms. The Labute approximate surface area is 83.5 Å². The van der Waals surface area contributed by atoms with Gasteiger partial charge in [-0.3, -0.25) is 0 Å². The van der Waals surface area contributed by atoms with Gasteiger partial charge in [-0.25, -0.2) is 9.97 Å². The molecule has 0 unspecified atom stereocenters. The second kappa shape index (κ2) is 4.10. The normalized spacial score (nSPS) is 14.8. The summed E-state index contributed by atoms with van der Waals surface area (Å²) in [5.74, 6) is 3.19. The largest absolute Gasteiger partial charge is 0.462 e. The molecule has 1 heterocycles. The van der Waals surface area contributed by atoms with Gasteiger partial charge in [0.05, 0.1) is 0 Å². The molecule has 72 valence electrons. The lowest BCUT2D eigenvalue weighted by Crippen LogP contribution is -2.00. The molecule has 1 aliphatic rings. The van der Waals surface area contributed by atoms with Crippen LogP contribution in [0.3, 0.4) is 0 Å². The number of hydrogen-bond donors (Lipinski definition) is 0. The van der Waals surface area contributed by atoms with Gasteiger partial charge >= 0.3 is 6.01 Å². The van der Waals surface area contributed by atoms with Crippen molar-refractivity contribution in [3.05, 3.63) is 18.0 Å². The van der Waals surface area contributed by atoms with Gasteiger partial charge in [-0.05, 0) is 24.3 Å². The highest BCUT2D eigenvalue weighted by Gasteiger charge is 2.23. The lowest BCUT2D eigenvalue weighted by Gasteiger charge is -2.01.